The highest BCUT2D eigenvalue weighted by atomic mass is 32.1. The van der Waals surface area contributed by atoms with Gasteiger partial charge in [-0.05, 0) is 12.1 Å². The molecule has 12 heavy (non-hydrogen) atoms. The van der Waals surface area contributed by atoms with E-state index in [1.54, 1.807) is 24.3 Å². The topological polar surface area (TPSA) is 46.2 Å². The van der Waals surface area contributed by atoms with Gasteiger partial charge in [0.15, 0.2) is 0 Å². The van der Waals surface area contributed by atoms with Gasteiger partial charge >= 0.3 is 0 Å². The molecule has 0 heterocycles. The van der Waals surface area contributed by atoms with Gasteiger partial charge in [0, 0.05) is 10.5 Å². The van der Waals surface area contributed by atoms with Crippen LogP contribution in [0.5, 0.6) is 5.75 Å². The lowest BCUT2D eigenvalue weighted by atomic mass is 10.1. The maximum absolute atomic E-state index is 9.42. The van der Waals surface area contributed by atoms with Crippen molar-refractivity contribution in [1.29, 1.82) is 0 Å². The Morgan fingerprint density at radius 3 is 2.75 bits per heavy atom. The third-order valence-electron chi connectivity index (χ3n) is 1.63. The van der Waals surface area contributed by atoms with Crippen molar-refractivity contribution in [3.05, 3.63) is 36.4 Å². The number of nitrogens with two attached hydrogens (primary N) is 1. The Balaban J connectivity index is 3.09. The van der Waals surface area contributed by atoms with Gasteiger partial charge in [0.25, 0.3) is 0 Å². The molecule has 3 N–H and O–H groups in total. The van der Waals surface area contributed by atoms with Crippen molar-refractivity contribution in [1.82, 2.24) is 0 Å². The van der Waals surface area contributed by atoms with Gasteiger partial charge in [0.2, 0.25) is 0 Å². The molecule has 2 nitrogen and oxygen atoms in total. The number of hydrogen-bond acceptors (Lipinski definition) is 3. The second-order valence-corrected chi connectivity index (χ2v) is 3.02. The normalized spacial score (nSPS) is 12.5. The van der Waals surface area contributed by atoms with E-state index in [4.69, 9.17) is 5.73 Å². The molecule has 0 aliphatic heterocycles. The van der Waals surface area contributed by atoms with E-state index in [9.17, 15) is 5.11 Å². The van der Waals surface area contributed by atoms with E-state index in [0.717, 1.165) is 0 Å². The lowest BCUT2D eigenvalue weighted by molar-refractivity contribution is 0.464. The van der Waals surface area contributed by atoms with E-state index < -0.39 is 0 Å². The van der Waals surface area contributed by atoms with Crippen molar-refractivity contribution >= 4 is 12.6 Å². The molecule has 0 aromatic heterocycles. The Kier molecular flexibility index (Phi) is 2.78. The van der Waals surface area contributed by atoms with Crippen LogP contribution in [0.1, 0.15) is 11.6 Å². The van der Waals surface area contributed by atoms with Crippen LogP contribution in [0.15, 0.2) is 35.7 Å². The van der Waals surface area contributed by atoms with Gasteiger partial charge in [-0.3, -0.25) is 0 Å². The number of phenolic OH excluding ortho intramolecular Hbond substituents is 1. The molecule has 1 atom stereocenters. The standard InChI is InChI=1S/C9H11NOS/c1-2-8(10)7-4-3-6(12)5-9(7)11/h2-5,8,11-12H,1,10H2/t8-/m1/s1. The van der Waals surface area contributed by atoms with E-state index >= 15 is 0 Å². The van der Waals surface area contributed by atoms with Crippen LogP contribution in [0.2, 0.25) is 0 Å². The zero-order chi connectivity index (χ0) is 9.14. The summed E-state index contributed by atoms with van der Waals surface area (Å²) in [7, 11) is 0. The Bertz CT molecular complexity index is 299. The van der Waals surface area contributed by atoms with E-state index in [1.165, 1.54) is 0 Å². The molecule has 0 aliphatic rings. The largest absolute Gasteiger partial charge is 0.508 e. The molecule has 1 aromatic carbocycles. The Hall–Kier alpha value is -0.930. The predicted octanol–water partition coefficient (Wildman–Crippen LogP) is 1.87. The van der Waals surface area contributed by atoms with Crippen molar-refractivity contribution in [3.63, 3.8) is 0 Å². The lowest BCUT2D eigenvalue weighted by Crippen LogP contribution is -2.06. The molecule has 64 valence electrons. The third kappa shape index (κ3) is 1.81. The summed E-state index contributed by atoms with van der Waals surface area (Å²) in [6.07, 6.45) is 1.58. The van der Waals surface area contributed by atoms with Crippen LogP contribution in [0, 0.1) is 0 Å². The van der Waals surface area contributed by atoms with E-state index in [-0.39, 0.29) is 11.8 Å². The molecule has 0 fully saturated rings. The minimum absolute atomic E-state index is 0.162. The second-order valence-electron chi connectivity index (χ2n) is 2.50. The highest BCUT2D eigenvalue weighted by Crippen LogP contribution is 2.25. The Morgan fingerprint density at radius 1 is 1.58 bits per heavy atom. The Labute approximate surface area is 77.1 Å². The zero-order valence-corrected chi connectivity index (χ0v) is 7.46. The fourth-order valence-corrected chi connectivity index (χ4v) is 1.14. The summed E-state index contributed by atoms with van der Waals surface area (Å²) < 4.78 is 0. The van der Waals surface area contributed by atoms with Gasteiger partial charge in [0.1, 0.15) is 5.75 Å². The highest BCUT2D eigenvalue weighted by Gasteiger charge is 2.06. The predicted molar refractivity (Wildman–Crippen MR) is 52.5 cm³/mol. The summed E-state index contributed by atoms with van der Waals surface area (Å²) in [5, 5.41) is 9.42. The summed E-state index contributed by atoms with van der Waals surface area (Å²) >= 11 is 4.07. The van der Waals surface area contributed by atoms with Gasteiger partial charge in [-0.2, -0.15) is 0 Å². The van der Waals surface area contributed by atoms with Crippen LogP contribution < -0.4 is 5.73 Å². The van der Waals surface area contributed by atoms with Crippen molar-refractivity contribution in [2.24, 2.45) is 5.73 Å². The molecule has 0 bridgehead atoms. The highest BCUT2D eigenvalue weighted by molar-refractivity contribution is 7.80. The molecular formula is C9H11NOS. The molecule has 0 aliphatic carbocycles. The van der Waals surface area contributed by atoms with Gasteiger partial charge in [0.05, 0.1) is 6.04 Å². The van der Waals surface area contributed by atoms with Crippen LogP contribution in [-0.4, -0.2) is 5.11 Å². The third-order valence-corrected chi connectivity index (χ3v) is 1.91. The van der Waals surface area contributed by atoms with E-state index in [2.05, 4.69) is 19.2 Å². The first-order chi connectivity index (χ1) is 5.65. The van der Waals surface area contributed by atoms with Crippen LogP contribution in [0.25, 0.3) is 0 Å². The molecule has 0 saturated carbocycles. The first kappa shape index (κ1) is 9.16. The van der Waals surface area contributed by atoms with Crippen molar-refractivity contribution in [2.45, 2.75) is 10.9 Å². The zero-order valence-electron chi connectivity index (χ0n) is 6.57. The van der Waals surface area contributed by atoms with Crippen LogP contribution in [0.4, 0.5) is 0 Å². The summed E-state index contributed by atoms with van der Waals surface area (Å²) in [5.74, 6) is 0.162. The van der Waals surface area contributed by atoms with Crippen LogP contribution in [-0.2, 0) is 0 Å². The average Bonchev–Trinajstić information content (AvgIpc) is 2.03. The number of aromatic hydroxyl groups is 1. The number of hydrogen-bond donors (Lipinski definition) is 3. The van der Waals surface area contributed by atoms with Gasteiger partial charge < -0.3 is 10.8 Å². The average molecular weight is 181 g/mol. The maximum atomic E-state index is 9.42. The van der Waals surface area contributed by atoms with E-state index in [1.807, 2.05) is 0 Å². The molecule has 0 amide bonds. The van der Waals surface area contributed by atoms with E-state index in [0.29, 0.717) is 10.5 Å². The first-order valence-corrected chi connectivity index (χ1v) is 4.00. The number of rotatable bonds is 2. The summed E-state index contributed by atoms with van der Waals surface area (Å²) in [6.45, 7) is 3.55. The number of thiol groups is 1. The van der Waals surface area contributed by atoms with Gasteiger partial charge in [-0.1, -0.05) is 12.1 Å². The minimum Gasteiger partial charge on any atom is -0.508 e. The fourth-order valence-electron chi connectivity index (χ4n) is 0.941. The Morgan fingerprint density at radius 2 is 2.25 bits per heavy atom. The van der Waals surface area contributed by atoms with Crippen molar-refractivity contribution in [3.8, 4) is 5.75 Å². The monoisotopic (exact) mass is 181 g/mol. The smallest absolute Gasteiger partial charge is 0.121 e. The van der Waals surface area contributed by atoms with Gasteiger partial charge in [-0.25, -0.2) is 0 Å². The second kappa shape index (κ2) is 3.65. The summed E-state index contributed by atoms with van der Waals surface area (Å²) in [4.78, 5) is 0.715. The van der Waals surface area contributed by atoms with Crippen LogP contribution in [0.3, 0.4) is 0 Å². The van der Waals surface area contributed by atoms with Crippen LogP contribution >= 0.6 is 12.6 Å². The fraction of sp³-hybridized carbons (Fsp3) is 0.111. The molecule has 0 radical (unpaired) electrons. The molecule has 1 aromatic rings. The summed E-state index contributed by atoms with van der Waals surface area (Å²) in [5.41, 5.74) is 6.31. The molecular weight excluding hydrogens is 170 g/mol. The maximum Gasteiger partial charge on any atom is 0.121 e. The van der Waals surface area contributed by atoms with Crippen molar-refractivity contribution < 1.29 is 5.11 Å². The number of phenols is 1. The quantitative estimate of drug-likeness (QED) is 0.482. The van der Waals surface area contributed by atoms with Crippen molar-refractivity contribution in [2.75, 3.05) is 0 Å². The molecule has 0 saturated heterocycles. The molecule has 3 heteroatoms. The van der Waals surface area contributed by atoms with Gasteiger partial charge in [-0.15, -0.1) is 19.2 Å². The molecule has 0 spiro atoms. The first-order valence-electron chi connectivity index (χ1n) is 3.55. The summed E-state index contributed by atoms with van der Waals surface area (Å²) in [6, 6.07) is 4.76. The molecule has 0 unspecified atom stereocenters. The number of benzene rings is 1. The lowest BCUT2D eigenvalue weighted by Gasteiger charge is -2.08. The SMILES string of the molecule is C=C[C@@H](N)c1ccc(S)cc1O. The minimum atomic E-state index is -0.320. The molecule has 1 rings (SSSR count).